The van der Waals surface area contributed by atoms with E-state index < -0.39 is 10.0 Å². The van der Waals surface area contributed by atoms with Crippen LogP contribution in [0.4, 0.5) is 11.8 Å². The van der Waals surface area contributed by atoms with Gasteiger partial charge in [0.25, 0.3) is 10.0 Å². The summed E-state index contributed by atoms with van der Waals surface area (Å²) >= 11 is 0. The lowest BCUT2D eigenvalue weighted by Crippen LogP contribution is -2.17. The minimum absolute atomic E-state index is 0.0190. The molecule has 0 aliphatic carbocycles. The zero-order valence-corrected chi connectivity index (χ0v) is 12.2. The van der Waals surface area contributed by atoms with Gasteiger partial charge in [0, 0.05) is 24.0 Å². The molecule has 2 heterocycles. The van der Waals surface area contributed by atoms with Crippen molar-refractivity contribution in [2.75, 3.05) is 17.3 Å². The summed E-state index contributed by atoms with van der Waals surface area (Å²) in [5.41, 5.74) is 2.84. The second kappa shape index (κ2) is 5.89. The van der Waals surface area contributed by atoms with Crippen LogP contribution in [0.5, 0.6) is 5.88 Å². The number of pyridine rings is 1. The molecule has 112 valence electrons. The lowest BCUT2D eigenvalue weighted by Gasteiger charge is -2.09. The highest BCUT2D eigenvalue weighted by atomic mass is 32.2. The third-order valence-corrected chi connectivity index (χ3v) is 3.78. The van der Waals surface area contributed by atoms with E-state index in [0.29, 0.717) is 5.69 Å². The number of rotatable bonds is 5. The van der Waals surface area contributed by atoms with Crippen molar-refractivity contribution in [3.05, 3.63) is 30.1 Å². The predicted octanol–water partition coefficient (Wildman–Crippen LogP) is 0.275. The lowest BCUT2D eigenvalue weighted by molar-refractivity contribution is 0.397. The van der Waals surface area contributed by atoms with Crippen LogP contribution in [-0.4, -0.2) is 30.5 Å². The molecule has 0 bridgehead atoms. The minimum atomic E-state index is -3.85. The van der Waals surface area contributed by atoms with Gasteiger partial charge in [-0.05, 0) is 13.0 Å². The summed E-state index contributed by atoms with van der Waals surface area (Å²) in [4.78, 5) is 11.7. The summed E-state index contributed by atoms with van der Waals surface area (Å²) < 4.78 is 31.7. The van der Waals surface area contributed by atoms with Gasteiger partial charge in [-0.2, -0.15) is 4.98 Å². The topological polar surface area (TPSA) is 132 Å². The van der Waals surface area contributed by atoms with E-state index in [1.807, 2.05) is 0 Å². The molecular formula is C11H14N6O3S. The number of hydrogen-bond acceptors (Lipinski definition) is 8. The van der Waals surface area contributed by atoms with Gasteiger partial charge in [-0.3, -0.25) is 0 Å². The second-order valence-electron chi connectivity index (χ2n) is 4.00. The van der Waals surface area contributed by atoms with E-state index in [-0.39, 0.29) is 22.5 Å². The number of sulfonamides is 1. The molecule has 0 aliphatic heterocycles. The fourth-order valence-corrected chi connectivity index (χ4v) is 2.48. The van der Waals surface area contributed by atoms with Crippen LogP contribution >= 0.6 is 0 Å². The molecule has 4 N–H and O–H groups in total. The quantitative estimate of drug-likeness (QED) is 0.529. The van der Waals surface area contributed by atoms with Crippen molar-refractivity contribution in [1.82, 2.24) is 15.0 Å². The van der Waals surface area contributed by atoms with Gasteiger partial charge in [0.15, 0.2) is 0 Å². The molecule has 0 aromatic carbocycles. The molecule has 0 saturated heterocycles. The summed E-state index contributed by atoms with van der Waals surface area (Å²) in [5.74, 6) is 5.61. The van der Waals surface area contributed by atoms with E-state index in [9.17, 15) is 8.42 Å². The zero-order valence-electron chi connectivity index (χ0n) is 11.4. The highest BCUT2D eigenvalue weighted by molar-refractivity contribution is 7.92. The van der Waals surface area contributed by atoms with E-state index in [4.69, 9.17) is 10.6 Å². The van der Waals surface area contributed by atoms with Crippen molar-refractivity contribution in [3.63, 3.8) is 0 Å². The smallest absolute Gasteiger partial charge is 0.264 e. The average molecular weight is 310 g/mol. The van der Waals surface area contributed by atoms with E-state index >= 15 is 0 Å². The van der Waals surface area contributed by atoms with Gasteiger partial charge >= 0.3 is 0 Å². The van der Waals surface area contributed by atoms with E-state index in [1.54, 1.807) is 13.0 Å². The molecule has 0 aliphatic rings. The Morgan fingerprint density at radius 3 is 2.71 bits per heavy atom. The Hall–Kier alpha value is -2.46. The molecule has 0 radical (unpaired) electrons. The van der Waals surface area contributed by atoms with E-state index in [0.717, 1.165) is 0 Å². The van der Waals surface area contributed by atoms with E-state index in [2.05, 4.69) is 25.1 Å². The Labute approximate surface area is 121 Å². The molecular weight excluding hydrogens is 296 g/mol. The van der Waals surface area contributed by atoms with Crippen molar-refractivity contribution in [1.29, 1.82) is 0 Å². The van der Waals surface area contributed by atoms with Gasteiger partial charge in [-0.1, -0.05) is 0 Å². The molecule has 2 rings (SSSR count). The summed E-state index contributed by atoms with van der Waals surface area (Å²) in [7, 11) is -2.42. The number of aromatic nitrogens is 3. The van der Waals surface area contributed by atoms with Crippen LogP contribution in [0.3, 0.4) is 0 Å². The van der Waals surface area contributed by atoms with Crippen LogP contribution in [-0.2, 0) is 10.0 Å². The molecule has 0 amide bonds. The number of nitrogens with two attached hydrogens (primary N) is 1. The molecule has 10 heteroatoms. The first-order valence-electron chi connectivity index (χ1n) is 5.80. The number of ether oxygens (including phenoxy) is 1. The van der Waals surface area contributed by atoms with Gasteiger partial charge in [0.1, 0.15) is 5.82 Å². The van der Waals surface area contributed by atoms with Crippen molar-refractivity contribution in [3.8, 4) is 5.88 Å². The first kappa shape index (κ1) is 14.9. The SMILES string of the molecule is COc1cc(C)nc(NS(=O)(=O)c2ccnc(NN)c2)n1. The number of anilines is 2. The summed E-state index contributed by atoms with van der Waals surface area (Å²) in [6.07, 6.45) is 1.32. The van der Waals surface area contributed by atoms with Gasteiger partial charge in [0.2, 0.25) is 11.8 Å². The lowest BCUT2D eigenvalue weighted by atomic mass is 10.4. The van der Waals surface area contributed by atoms with Gasteiger partial charge in [0.05, 0.1) is 12.0 Å². The molecule has 2 aromatic heterocycles. The second-order valence-corrected chi connectivity index (χ2v) is 5.68. The molecule has 9 nitrogen and oxygen atoms in total. The number of hydrogen-bond donors (Lipinski definition) is 3. The minimum Gasteiger partial charge on any atom is -0.481 e. The number of hydrazine groups is 1. The number of aryl methyl sites for hydroxylation is 1. The fraction of sp³-hybridized carbons (Fsp3) is 0.182. The molecule has 0 spiro atoms. The van der Waals surface area contributed by atoms with Crippen molar-refractivity contribution >= 4 is 21.8 Å². The van der Waals surface area contributed by atoms with Crippen molar-refractivity contribution in [2.24, 2.45) is 5.84 Å². The first-order chi connectivity index (χ1) is 9.94. The van der Waals surface area contributed by atoms with Crippen LogP contribution in [0.2, 0.25) is 0 Å². The summed E-state index contributed by atoms with van der Waals surface area (Å²) in [5, 5.41) is 0. The molecule has 0 unspecified atom stereocenters. The largest absolute Gasteiger partial charge is 0.481 e. The molecule has 0 fully saturated rings. The van der Waals surface area contributed by atoms with Crippen LogP contribution in [0.15, 0.2) is 29.3 Å². The highest BCUT2D eigenvalue weighted by Gasteiger charge is 2.17. The molecule has 0 saturated carbocycles. The standard InChI is InChI=1S/C11H14N6O3S/c1-7-5-10(20-2)15-11(14-7)17-21(18,19)8-3-4-13-9(6-8)16-12/h3-6H,12H2,1-2H3,(H,13,16)(H,14,15,17). The van der Waals surface area contributed by atoms with Crippen molar-refractivity contribution < 1.29 is 13.2 Å². The fourth-order valence-electron chi connectivity index (χ4n) is 1.53. The number of nitrogens with one attached hydrogen (secondary N) is 2. The Morgan fingerprint density at radius 1 is 1.29 bits per heavy atom. The Balaban J connectivity index is 2.34. The van der Waals surface area contributed by atoms with Crippen molar-refractivity contribution in [2.45, 2.75) is 11.8 Å². The first-order valence-corrected chi connectivity index (χ1v) is 7.28. The summed E-state index contributed by atoms with van der Waals surface area (Å²) in [6, 6.07) is 4.20. The van der Waals surface area contributed by atoms with Gasteiger partial charge in [-0.25, -0.2) is 29.0 Å². The zero-order chi connectivity index (χ0) is 15.5. The molecule has 21 heavy (non-hydrogen) atoms. The highest BCUT2D eigenvalue weighted by Crippen LogP contribution is 2.17. The normalized spacial score (nSPS) is 11.0. The number of nitrogen functional groups attached to an aromatic ring is 1. The maximum atomic E-state index is 12.3. The van der Waals surface area contributed by atoms with Crippen LogP contribution in [0.1, 0.15) is 5.69 Å². The number of nitrogens with zero attached hydrogens (tertiary/aromatic N) is 3. The Kier molecular flexibility index (Phi) is 4.19. The Bertz CT molecular complexity index is 749. The molecule has 2 aromatic rings. The average Bonchev–Trinajstić information content (AvgIpc) is 2.46. The summed E-state index contributed by atoms with van der Waals surface area (Å²) in [6.45, 7) is 1.70. The van der Waals surface area contributed by atoms with Crippen LogP contribution < -0.4 is 20.7 Å². The maximum absolute atomic E-state index is 12.3. The predicted molar refractivity (Wildman–Crippen MR) is 76.2 cm³/mol. The number of methoxy groups -OCH3 is 1. The van der Waals surface area contributed by atoms with Gasteiger partial charge in [-0.15, -0.1) is 0 Å². The van der Waals surface area contributed by atoms with Gasteiger partial charge < -0.3 is 10.2 Å². The third kappa shape index (κ3) is 3.55. The van der Waals surface area contributed by atoms with Crippen LogP contribution in [0.25, 0.3) is 0 Å². The Morgan fingerprint density at radius 2 is 2.05 bits per heavy atom. The van der Waals surface area contributed by atoms with E-state index in [1.165, 1.54) is 25.4 Å². The van der Waals surface area contributed by atoms with Crippen LogP contribution in [0, 0.1) is 6.92 Å². The molecule has 0 atom stereocenters. The maximum Gasteiger partial charge on any atom is 0.264 e. The third-order valence-electron chi connectivity index (χ3n) is 2.46. The monoisotopic (exact) mass is 310 g/mol.